The van der Waals surface area contributed by atoms with E-state index >= 15 is 0 Å². The van der Waals surface area contributed by atoms with Gasteiger partial charge in [-0.25, -0.2) is 4.98 Å². The maximum absolute atomic E-state index is 12.9. The van der Waals surface area contributed by atoms with Crippen LogP contribution < -0.4 is 5.32 Å². The predicted octanol–water partition coefficient (Wildman–Crippen LogP) is 3.17. The lowest BCUT2D eigenvalue weighted by atomic mass is 10.3. The number of nitrogens with one attached hydrogen (secondary N) is 1. The minimum Gasteiger partial charge on any atom is -0.304 e. The Morgan fingerprint density at radius 3 is 2.84 bits per heavy atom. The zero-order valence-electron chi connectivity index (χ0n) is 12.7. The Kier molecular flexibility index (Phi) is 4.49. The van der Waals surface area contributed by atoms with Crippen molar-refractivity contribution in [1.29, 1.82) is 0 Å². The Morgan fingerprint density at radius 2 is 2.16 bits per heavy atom. The lowest BCUT2D eigenvalue weighted by Gasteiger charge is -2.17. The lowest BCUT2D eigenvalue weighted by Crippen LogP contribution is -2.23. The van der Waals surface area contributed by atoms with E-state index in [1.165, 1.54) is 17.6 Å². The van der Waals surface area contributed by atoms with Crippen LogP contribution in [0.1, 0.15) is 23.5 Å². The van der Waals surface area contributed by atoms with Gasteiger partial charge in [0.1, 0.15) is 23.9 Å². The van der Waals surface area contributed by atoms with Crippen molar-refractivity contribution in [2.75, 3.05) is 5.32 Å². The molecule has 0 spiro atoms. The van der Waals surface area contributed by atoms with Crippen LogP contribution in [0.25, 0.3) is 10.8 Å². The number of hydrogen-bond acceptors (Lipinski definition) is 6. The van der Waals surface area contributed by atoms with Crippen molar-refractivity contribution in [3.63, 3.8) is 0 Å². The molecular weight excluding hydrogens is 357 g/mol. The van der Waals surface area contributed by atoms with Gasteiger partial charge in [0.2, 0.25) is 0 Å². The molecule has 0 bridgehead atoms. The van der Waals surface area contributed by atoms with E-state index in [9.17, 15) is 18.0 Å². The Balaban J connectivity index is 1.81. The van der Waals surface area contributed by atoms with E-state index in [1.54, 1.807) is 12.1 Å². The molecule has 1 N–H and O–H groups in total. The summed E-state index contributed by atoms with van der Waals surface area (Å²) in [6.45, 7) is 1.00. The number of thiazole rings is 1. The van der Waals surface area contributed by atoms with Crippen LogP contribution in [0.4, 0.5) is 19.0 Å². The molecule has 1 atom stereocenters. The lowest BCUT2D eigenvalue weighted by molar-refractivity contribution is -0.162. The van der Waals surface area contributed by atoms with Crippen LogP contribution in [0.3, 0.4) is 0 Å². The van der Waals surface area contributed by atoms with Crippen LogP contribution in [0.2, 0.25) is 0 Å². The fourth-order valence-electron chi connectivity index (χ4n) is 1.95. The third-order valence-electron chi connectivity index (χ3n) is 3.30. The van der Waals surface area contributed by atoms with Gasteiger partial charge in [-0.1, -0.05) is 6.07 Å². The van der Waals surface area contributed by atoms with Crippen LogP contribution in [0, 0.1) is 0 Å². The summed E-state index contributed by atoms with van der Waals surface area (Å²) in [4.78, 5) is 20.0. The van der Waals surface area contributed by atoms with Crippen LogP contribution in [0.15, 0.2) is 36.1 Å². The molecule has 11 heteroatoms. The first-order chi connectivity index (χ1) is 11.9. The van der Waals surface area contributed by atoms with E-state index in [-0.39, 0.29) is 22.3 Å². The van der Waals surface area contributed by atoms with Gasteiger partial charge in [0.15, 0.2) is 10.8 Å². The second-order valence-electron chi connectivity index (χ2n) is 4.99. The second kappa shape index (κ2) is 6.59. The molecule has 0 aromatic carbocycles. The Morgan fingerprint density at radius 1 is 1.36 bits per heavy atom. The van der Waals surface area contributed by atoms with Crippen molar-refractivity contribution in [2.45, 2.75) is 19.1 Å². The fourth-order valence-corrected chi connectivity index (χ4v) is 2.69. The number of aromatic nitrogens is 5. The summed E-state index contributed by atoms with van der Waals surface area (Å²) < 4.78 is 39.6. The van der Waals surface area contributed by atoms with Crippen molar-refractivity contribution < 1.29 is 18.0 Å². The Hall–Kier alpha value is -2.82. The standard InChI is InChI=1S/C14H11F3N6OS/c1-8(14(15,16)17)23-7-19-22-11(23)13-21-10(6-25-13)20-12(24)9-4-2-3-5-18-9/h2-8H,1H3,(H,20,24). The third kappa shape index (κ3) is 3.65. The van der Waals surface area contributed by atoms with Crippen molar-refractivity contribution >= 4 is 23.1 Å². The number of rotatable bonds is 4. The van der Waals surface area contributed by atoms with Gasteiger partial charge in [0.05, 0.1) is 0 Å². The number of pyridine rings is 1. The smallest absolute Gasteiger partial charge is 0.304 e. The van der Waals surface area contributed by atoms with E-state index in [0.717, 1.165) is 29.2 Å². The largest absolute Gasteiger partial charge is 0.408 e. The summed E-state index contributed by atoms with van der Waals surface area (Å²) in [5.41, 5.74) is 0.200. The molecular formula is C14H11F3N6OS. The fraction of sp³-hybridized carbons (Fsp3) is 0.214. The monoisotopic (exact) mass is 368 g/mol. The number of amides is 1. The van der Waals surface area contributed by atoms with Crippen LogP contribution >= 0.6 is 11.3 Å². The maximum Gasteiger partial charge on any atom is 0.408 e. The molecule has 1 unspecified atom stereocenters. The van der Waals surface area contributed by atoms with E-state index in [0.29, 0.717) is 0 Å². The quantitative estimate of drug-likeness (QED) is 0.764. The van der Waals surface area contributed by atoms with E-state index in [4.69, 9.17) is 0 Å². The van der Waals surface area contributed by atoms with Crippen molar-refractivity contribution in [2.24, 2.45) is 0 Å². The molecule has 7 nitrogen and oxygen atoms in total. The number of anilines is 1. The topological polar surface area (TPSA) is 85.6 Å². The zero-order chi connectivity index (χ0) is 18.0. The predicted molar refractivity (Wildman–Crippen MR) is 84.1 cm³/mol. The highest BCUT2D eigenvalue weighted by Gasteiger charge is 2.39. The van der Waals surface area contributed by atoms with Gasteiger partial charge in [-0.05, 0) is 19.1 Å². The van der Waals surface area contributed by atoms with Gasteiger partial charge in [0.25, 0.3) is 5.91 Å². The third-order valence-corrected chi connectivity index (χ3v) is 4.14. The van der Waals surface area contributed by atoms with Crippen molar-refractivity contribution in [1.82, 2.24) is 24.7 Å². The summed E-state index contributed by atoms with van der Waals surface area (Å²) in [6, 6.07) is 3.07. The van der Waals surface area contributed by atoms with Crippen molar-refractivity contribution in [3.8, 4) is 10.8 Å². The second-order valence-corrected chi connectivity index (χ2v) is 5.84. The normalized spacial score (nSPS) is 12.8. The number of carbonyl (C=O) groups is 1. The number of alkyl halides is 3. The Labute approximate surface area is 143 Å². The highest BCUT2D eigenvalue weighted by atomic mass is 32.1. The molecule has 3 rings (SSSR count). The summed E-state index contributed by atoms with van der Waals surface area (Å²) in [5, 5.41) is 11.5. The summed E-state index contributed by atoms with van der Waals surface area (Å²) in [6.07, 6.45) is -1.96. The SMILES string of the molecule is CC(n1cnnc1-c1nc(NC(=O)c2ccccn2)cs1)C(F)(F)F. The molecule has 3 heterocycles. The Bertz CT molecular complexity index is 876. The molecule has 0 aliphatic heterocycles. The first-order valence-electron chi connectivity index (χ1n) is 7.01. The van der Waals surface area contributed by atoms with E-state index in [2.05, 4.69) is 25.5 Å². The molecule has 1 amide bonds. The van der Waals surface area contributed by atoms with Crippen LogP contribution in [-0.2, 0) is 0 Å². The van der Waals surface area contributed by atoms with Crippen molar-refractivity contribution in [3.05, 3.63) is 41.8 Å². The first-order valence-corrected chi connectivity index (χ1v) is 7.88. The number of carbonyl (C=O) groups excluding carboxylic acids is 1. The van der Waals surface area contributed by atoms with Gasteiger partial charge in [-0.15, -0.1) is 21.5 Å². The van der Waals surface area contributed by atoms with Crippen LogP contribution in [-0.4, -0.2) is 36.8 Å². The number of hydrogen-bond donors (Lipinski definition) is 1. The average Bonchev–Trinajstić information content (AvgIpc) is 3.22. The minimum absolute atomic E-state index is 0.0202. The highest BCUT2D eigenvalue weighted by molar-refractivity contribution is 7.13. The molecule has 0 saturated carbocycles. The number of nitrogens with zero attached hydrogens (tertiary/aromatic N) is 5. The van der Waals surface area contributed by atoms with Crippen LogP contribution in [0.5, 0.6) is 0 Å². The van der Waals surface area contributed by atoms with E-state index < -0.39 is 18.1 Å². The summed E-state index contributed by atoms with van der Waals surface area (Å²) >= 11 is 1.05. The van der Waals surface area contributed by atoms with Gasteiger partial charge >= 0.3 is 6.18 Å². The molecule has 0 saturated heterocycles. The zero-order valence-corrected chi connectivity index (χ0v) is 13.5. The van der Waals surface area contributed by atoms with Gasteiger partial charge in [0, 0.05) is 11.6 Å². The van der Waals surface area contributed by atoms with Gasteiger partial charge in [-0.3, -0.25) is 14.3 Å². The van der Waals surface area contributed by atoms with Gasteiger partial charge in [-0.2, -0.15) is 13.2 Å². The summed E-state index contributed by atoms with van der Waals surface area (Å²) in [7, 11) is 0. The molecule has 0 aliphatic rings. The summed E-state index contributed by atoms with van der Waals surface area (Å²) in [5.74, 6) is -0.291. The molecule has 3 aromatic heterocycles. The molecule has 25 heavy (non-hydrogen) atoms. The number of halogens is 3. The molecule has 0 radical (unpaired) electrons. The molecule has 0 aliphatic carbocycles. The van der Waals surface area contributed by atoms with Gasteiger partial charge < -0.3 is 5.32 Å². The molecule has 0 fully saturated rings. The maximum atomic E-state index is 12.9. The minimum atomic E-state index is -4.44. The molecule has 130 valence electrons. The average molecular weight is 368 g/mol. The molecule has 3 aromatic rings. The van der Waals surface area contributed by atoms with E-state index in [1.807, 2.05) is 0 Å². The first kappa shape index (κ1) is 17.0. The highest BCUT2D eigenvalue weighted by Crippen LogP contribution is 2.34.